The number of aryl methyl sites for hydroxylation is 2. The number of hydrogen-bond donors (Lipinski definition) is 1. The maximum Gasteiger partial charge on any atom is 0.253 e. The van der Waals surface area contributed by atoms with E-state index in [0.717, 1.165) is 37.8 Å². The summed E-state index contributed by atoms with van der Waals surface area (Å²) in [7, 11) is -3.25. The van der Waals surface area contributed by atoms with Gasteiger partial charge >= 0.3 is 0 Å². The number of fused-ring (bicyclic) bond motifs is 1. The number of piperidine rings is 1. The molecule has 3 rings (SSSR count). The van der Waals surface area contributed by atoms with Gasteiger partial charge in [-0.1, -0.05) is 6.07 Å². The molecule has 0 aromatic heterocycles. The van der Waals surface area contributed by atoms with E-state index in [9.17, 15) is 13.2 Å². The molecule has 0 spiro atoms. The average Bonchev–Trinajstić information content (AvgIpc) is 3.07. The number of nitrogens with zero attached hydrogens (tertiary/aromatic N) is 1. The maximum absolute atomic E-state index is 12.8. The van der Waals surface area contributed by atoms with Crippen LogP contribution < -0.4 is 4.72 Å². The van der Waals surface area contributed by atoms with Crippen LogP contribution in [0.2, 0.25) is 0 Å². The smallest absolute Gasteiger partial charge is 0.253 e. The van der Waals surface area contributed by atoms with E-state index in [0.29, 0.717) is 13.1 Å². The normalized spacial score (nSPS) is 20.8. The van der Waals surface area contributed by atoms with Gasteiger partial charge in [-0.15, -0.1) is 0 Å². The number of amides is 1. The zero-order valence-corrected chi connectivity index (χ0v) is 15.9. The van der Waals surface area contributed by atoms with Crippen LogP contribution >= 0.6 is 0 Å². The number of hydrogen-bond acceptors (Lipinski definition) is 3. The van der Waals surface area contributed by atoms with Gasteiger partial charge in [0.25, 0.3) is 5.91 Å². The molecule has 1 N–H and O–H groups in total. The molecule has 0 unspecified atom stereocenters. The topological polar surface area (TPSA) is 66.5 Å². The van der Waals surface area contributed by atoms with E-state index in [1.165, 1.54) is 17.5 Å². The third kappa shape index (κ3) is 4.23. The van der Waals surface area contributed by atoms with Crippen molar-refractivity contribution in [2.24, 2.45) is 5.92 Å². The second kappa shape index (κ2) is 7.46. The highest BCUT2D eigenvalue weighted by atomic mass is 32.2. The van der Waals surface area contributed by atoms with E-state index in [-0.39, 0.29) is 11.8 Å². The van der Waals surface area contributed by atoms with E-state index in [1.54, 1.807) is 13.8 Å². The molecule has 0 radical (unpaired) electrons. The first-order valence-corrected chi connectivity index (χ1v) is 10.8. The van der Waals surface area contributed by atoms with Crippen molar-refractivity contribution < 1.29 is 13.2 Å². The lowest BCUT2D eigenvalue weighted by Crippen LogP contribution is -2.44. The molecule has 0 bridgehead atoms. The van der Waals surface area contributed by atoms with Crippen molar-refractivity contribution in [2.75, 3.05) is 19.6 Å². The first kappa shape index (κ1) is 18.4. The minimum Gasteiger partial charge on any atom is -0.338 e. The average molecular weight is 365 g/mol. The Morgan fingerprint density at radius 2 is 2.00 bits per heavy atom. The van der Waals surface area contributed by atoms with Crippen LogP contribution in [0.5, 0.6) is 0 Å². The standard InChI is InChI=1S/C19H28N2O3S/c1-14(2)25(23,24)20-12-15-5-4-10-21(13-15)19(22)18-9-8-16-6-3-7-17(16)11-18/h8-9,11,14-15,20H,3-7,10,12-13H2,1-2H3/t15-/m0/s1. The van der Waals surface area contributed by atoms with Crippen LogP contribution in [-0.4, -0.2) is 44.1 Å². The molecule has 1 saturated heterocycles. The Bertz CT molecular complexity index is 743. The van der Waals surface area contributed by atoms with Gasteiger partial charge in [-0.05, 0) is 75.1 Å². The van der Waals surface area contributed by atoms with Gasteiger partial charge in [0.15, 0.2) is 0 Å². The molecule has 1 aliphatic carbocycles. The second-order valence-electron chi connectivity index (χ2n) is 7.54. The lowest BCUT2D eigenvalue weighted by atomic mass is 9.97. The van der Waals surface area contributed by atoms with Gasteiger partial charge in [-0.3, -0.25) is 4.79 Å². The number of carbonyl (C=O) groups is 1. The van der Waals surface area contributed by atoms with E-state index in [4.69, 9.17) is 0 Å². The minimum atomic E-state index is -3.25. The Hall–Kier alpha value is -1.40. The highest BCUT2D eigenvalue weighted by Crippen LogP contribution is 2.25. The summed E-state index contributed by atoms with van der Waals surface area (Å²) in [5, 5.41) is -0.430. The Morgan fingerprint density at radius 1 is 1.24 bits per heavy atom. The fourth-order valence-corrected chi connectivity index (χ4v) is 4.51. The molecule has 1 aliphatic heterocycles. The van der Waals surface area contributed by atoms with Crippen LogP contribution in [0.3, 0.4) is 0 Å². The number of rotatable bonds is 5. The minimum absolute atomic E-state index is 0.0751. The summed E-state index contributed by atoms with van der Waals surface area (Å²) >= 11 is 0. The van der Waals surface area contributed by atoms with Crippen molar-refractivity contribution in [1.82, 2.24) is 9.62 Å². The summed E-state index contributed by atoms with van der Waals surface area (Å²) in [5.41, 5.74) is 3.45. The monoisotopic (exact) mass is 364 g/mol. The van der Waals surface area contributed by atoms with Gasteiger partial charge in [0.05, 0.1) is 5.25 Å². The first-order chi connectivity index (χ1) is 11.9. The molecule has 0 saturated carbocycles. The number of benzene rings is 1. The Balaban J connectivity index is 1.62. The summed E-state index contributed by atoms with van der Waals surface area (Å²) in [6, 6.07) is 6.08. The van der Waals surface area contributed by atoms with Crippen LogP contribution in [0.15, 0.2) is 18.2 Å². The predicted octanol–water partition coefficient (Wildman–Crippen LogP) is 2.36. The van der Waals surface area contributed by atoms with Crippen molar-refractivity contribution >= 4 is 15.9 Å². The predicted molar refractivity (Wildman–Crippen MR) is 99.2 cm³/mol. The number of likely N-dealkylation sites (tertiary alicyclic amines) is 1. The van der Waals surface area contributed by atoms with Gasteiger partial charge in [-0.2, -0.15) is 0 Å². The Kier molecular flexibility index (Phi) is 5.49. The Morgan fingerprint density at radius 3 is 2.76 bits per heavy atom. The summed E-state index contributed by atoms with van der Waals surface area (Å²) in [6.07, 6.45) is 5.23. The molecular weight excluding hydrogens is 336 g/mol. The quantitative estimate of drug-likeness (QED) is 0.872. The number of nitrogens with one attached hydrogen (secondary N) is 1. The van der Waals surface area contributed by atoms with Gasteiger partial charge in [0.1, 0.15) is 0 Å². The molecule has 25 heavy (non-hydrogen) atoms. The molecule has 5 nitrogen and oxygen atoms in total. The van der Waals surface area contributed by atoms with E-state index in [1.807, 2.05) is 11.0 Å². The van der Waals surface area contributed by atoms with Crippen molar-refractivity contribution in [3.63, 3.8) is 0 Å². The second-order valence-corrected chi connectivity index (χ2v) is 9.86. The lowest BCUT2D eigenvalue weighted by Gasteiger charge is -2.33. The van der Waals surface area contributed by atoms with Gasteiger partial charge < -0.3 is 4.90 Å². The number of sulfonamides is 1. The fourth-order valence-electron chi connectivity index (χ4n) is 3.70. The van der Waals surface area contributed by atoms with Crippen LogP contribution in [0, 0.1) is 5.92 Å². The molecule has 1 atom stereocenters. The summed E-state index contributed by atoms with van der Waals surface area (Å²) < 4.78 is 26.5. The molecule has 1 fully saturated rings. The van der Waals surface area contributed by atoms with Crippen LogP contribution in [-0.2, 0) is 22.9 Å². The van der Waals surface area contributed by atoms with E-state index in [2.05, 4.69) is 16.9 Å². The molecular formula is C19H28N2O3S. The van der Waals surface area contributed by atoms with Crippen molar-refractivity contribution in [3.8, 4) is 0 Å². The molecule has 1 heterocycles. The van der Waals surface area contributed by atoms with Gasteiger partial charge in [-0.25, -0.2) is 13.1 Å². The lowest BCUT2D eigenvalue weighted by molar-refractivity contribution is 0.0676. The highest BCUT2D eigenvalue weighted by Gasteiger charge is 2.26. The molecule has 2 aliphatic rings. The summed E-state index contributed by atoms with van der Waals surface area (Å²) in [6.45, 7) is 5.13. The molecule has 1 amide bonds. The third-order valence-electron chi connectivity index (χ3n) is 5.35. The van der Waals surface area contributed by atoms with Crippen molar-refractivity contribution in [2.45, 2.75) is 51.2 Å². The third-order valence-corrected chi connectivity index (χ3v) is 7.16. The zero-order chi connectivity index (χ0) is 18.0. The summed E-state index contributed by atoms with van der Waals surface area (Å²) in [4.78, 5) is 14.7. The van der Waals surface area contributed by atoms with E-state index >= 15 is 0 Å². The molecule has 1 aromatic rings. The highest BCUT2D eigenvalue weighted by molar-refractivity contribution is 7.90. The fraction of sp³-hybridized carbons (Fsp3) is 0.632. The van der Waals surface area contributed by atoms with Crippen LogP contribution in [0.4, 0.5) is 0 Å². The van der Waals surface area contributed by atoms with Crippen molar-refractivity contribution in [1.29, 1.82) is 0 Å². The van der Waals surface area contributed by atoms with Gasteiger partial charge in [0.2, 0.25) is 10.0 Å². The number of carbonyl (C=O) groups excluding carboxylic acids is 1. The summed E-state index contributed by atoms with van der Waals surface area (Å²) in [5.74, 6) is 0.256. The van der Waals surface area contributed by atoms with Crippen LogP contribution in [0.25, 0.3) is 0 Å². The van der Waals surface area contributed by atoms with E-state index < -0.39 is 15.3 Å². The molecule has 138 valence electrons. The largest absolute Gasteiger partial charge is 0.338 e. The molecule has 6 heteroatoms. The van der Waals surface area contributed by atoms with Gasteiger partial charge in [0, 0.05) is 25.2 Å². The zero-order valence-electron chi connectivity index (χ0n) is 15.1. The molecule has 1 aromatic carbocycles. The SMILES string of the molecule is CC(C)S(=O)(=O)NC[C@@H]1CCCN(C(=O)c2ccc3c(c2)CCC3)C1. The van der Waals surface area contributed by atoms with Crippen molar-refractivity contribution in [3.05, 3.63) is 34.9 Å². The first-order valence-electron chi connectivity index (χ1n) is 9.26. The Labute approximate surface area is 150 Å². The maximum atomic E-state index is 12.8. The van der Waals surface area contributed by atoms with Crippen LogP contribution in [0.1, 0.15) is 54.6 Å².